The Balaban J connectivity index is 1.85. The molecular weight excluding hydrogens is 138 g/mol. The predicted octanol–water partition coefficient (Wildman–Crippen LogP) is 1.54. The summed E-state index contributed by atoms with van der Waals surface area (Å²) in [6.45, 7) is 3.09. The van der Waals surface area contributed by atoms with Crippen LogP contribution in [-0.4, -0.2) is 16.5 Å². The number of aryl methyl sites for hydroxylation is 1. The number of aromatic nitrogens is 2. The average Bonchev–Trinajstić information content (AvgIpc) is 2.72. The van der Waals surface area contributed by atoms with Crippen LogP contribution in [0.2, 0.25) is 0 Å². The average molecular weight is 151 g/mol. The minimum Gasteiger partial charge on any atom is -0.356 e. The molecule has 0 amide bonds. The molecule has 60 valence electrons. The van der Waals surface area contributed by atoms with E-state index < -0.39 is 0 Å². The van der Waals surface area contributed by atoms with Crippen molar-refractivity contribution < 1.29 is 0 Å². The molecule has 3 nitrogen and oxygen atoms in total. The highest BCUT2D eigenvalue weighted by atomic mass is 15.1. The molecule has 0 bridgehead atoms. The van der Waals surface area contributed by atoms with Crippen LogP contribution >= 0.6 is 0 Å². The molecule has 0 radical (unpaired) electrons. The van der Waals surface area contributed by atoms with Gasteiger partial charge < -0.3 is 10.3 Å². The first-order valence-corrected chi connectivity index (χ1v) is 4.10. The molecule has 2 rings (SSSR count). The van der Waals surface area contributed by atoms with E-state index in [0.717, 1.165) is 24.1 Å². The molecular formula is C8H13N3. The second-order valence-electron chi connectivity index (χ2n) is 3.24. The van der Waals surface area contributed by atoms with Gasteiger partial charge in [-0.2, -0.15) is 0 Å². The van der Waals surface area contributed by atoms with E-state index in [4.69, 9.17) is 0 Å². The number of H-pyrrole nitrogens is 1. The highest BCUT2D eigenvalue weighted by Crippen LogP contribution is 2.28. The summed E-state index contributed by atoms with van der Waals surface area (Å²) < 4.78 is 0. The summed E-state index contributed by atoms with van der Waals surface area (Å²) in [4.78, 5) is 7.29. The number of imidazole rings is 1. The molecule has 1 aliphatic carbocycles. The largest absolute Gasteiger partial charge is 0.356 e. The zero-order chi connectivity index (χ0) is 7.68. The van der Waals surface area contributed by atoms with Crippen LogP contribution in [0, 0.1) is 12.8 Å². The zero-order valence-electron chi connectivity index (χ0n) is 6.72. The third-order valence-corrected chi connectivity index (χ3v) is 1.96. The number of hydrogen-bond acceptors (Lipinski definition) is 2. The molecule has 3 heteroatoms. The van der Waals surface area contributed by atoms with Crippen molar-refractivity contribution in [1.82, 2.24) is 9.97 Å². The van der Waals surface area contributed by atoms with E-state index in [9.17, 15) is 0 Å². The van der Waals surface area contributed by atoms with E-state index in [-0.39, 0.29) is 0 Å². The van der Waals surface area contributed by atoms with Crippen molar-refractivity contribution in [2.75, 3.05) is 11.9 Å². The van der Waals surface area contributed by atoms with E-state index >= 15 is 0 Å². The summed E-state index contributed by atoms with van der Waals surface area (Å²) in [5.74, 6) is 1.81. The van der Waals surface area contributed by atoms with Gasteiger partial charge in [0.1, 0.15) is 0 Å². The highest BCUT2D eigenvalue weighted by Gasteiger charge is 2.20. The van der Waals surface area contributed by atoms with Gasteiger partial charge in [0.05, 0.1) is 0 Å². The standard InChI is InChI=1S/C8H13N3/c1-6-4-9-8(11-6)10-5-7-2-3-7/h4,7H,2-3,5H2,1H3,(H2,9,10,11). The summed E-state index contributed by atoms with van der Waals surface area (Å²) in [5, 5.41) is 3.26. The maximum atomic E-state index is 4.15. The zero-order valence-corrected chi connectivity index (χ0v) is 6.72. The quantitative estimate of drug-likeness (QED) is 0.688. The van der Waals surface area contributed by atoms with Gasteiger partial charge in [0.2, 0.25) is 0 Å². The topological polar surface area (TPSA) is 40.7 Å². The molecule has 11 heavy (non-hydrogen) atoms. The van der Waals surface area contributed by atoms with Crippen LogP contribution in [0.1, 0.15) is 18.5 Å². The Morgan fingerprint density at radius 3 is 3.09 bits per heavy atom. The third kappa shape index (κ3) is 1.73. The van der Waals surface area contributed by atoms with E-state index in [0.29, 0.717) is 0 Å². The Hall–Kier alpha value is -0.990. The lowest BCUT2D eigenvalue weighted by atomic mass is 10.4. The lowest BCUT2D eigenvalue weighted by Crippen LogP contribution is -2.04. The summed E-state index contributed by atoms with van der Waals surface area (Å²) in [5.41, 5.74) is 1.11. The first kappa shape index (κ1) is 6.70. The van der Waals surface area contributed by atoms with Crippen molar-refractivity contribution in [1.29, 1.82) is 0 Å². The van der Waals surface area contributed by atoms with Crippen LogP contribution in [-0.2, 0) is 0 Å². The van der Waals surface area contributed by atoms with Gasteiger partial charge in [-0.1, -0.05) is 0 Å². The van der Waals surface area contributed by atoms with Gasteiger partial charge in [-0.25, -0.2) is 4.98 Å². The fraction of sp³-hybridized carbons (Fsp3) is 0.625. The van der Waals surface area contributed by atoms with Gasteiger partial charge in [-0.05, 0) is 25.7 Å². The minimum atomic E-state index is 0.903. The second kappa shape index (κ2) is 2.57. The van der Waals surface area contributed by atoms with E-state index in [1.54, 1.807) is 0 Å². The SMILES string of the molecule is Cc1cnc(NCC2CC2)[nH]1. The van der Waals surface area contributed by atoms with Crippen LogP contribution in [0.25, 0.3) is 0 Å². The van der Waals surface area contributed by atoms with Crippen LogP contribution in [0.15, 0.2) is 6.20 Å². The fourth-order valence-corrected chi connectivity index (χ4v) is 1.07. The van der Waals surface area contributed by atoms with E-state index in [1.165, 1.54) is 12.8 Å². The third-order valence-electron chi connectivity index (χ3n) is 1.96. The maximum absolute atomic E-state index is 4.15. The molecule has 0 saturated heterocycles. The molecule has 1 aromatic heterocycles. The Morgan fingerprint density at radius 2 is 2.55 bits per heavy atom. The lowest BCUT2D eigenvalue weighted by molar-refractivity contribution is 0.878. The summed E-state index contributed by atoms with van der Waals surface area (Å²) in [6.07, 6.45) is 4.61. The summed E-state index contributed by atoms with van der Waals surface area (Å²) >= 11 is 0. The van der Waals surface area contributed by atoms with Gasteiger partial charge in [-0.15, -0.1) is 0 Å². The van der Waals surface area contributed by atoms with E-state index in [2.05, 4.69) is 15.3 Å². The first-order valence-electron chi connectivity index (χ1n) is 4.10. The molecule has 0 spiro atoms. The molecule has 0 aromatic carbocycles. The van der Waals surface area contributed by atoms with Crippen LogP contribution in [0.3, 0.4) is 0 Å². The number of hydrogen-bond donors (Lipinski definition) is 2. The Labute approximate surface area is 66.2 Å². The molecule has 0 atom stereocenters. The van der Waals surface area contributed by atoms with Crippen molar-refractivity contribution >= 4 is 5.95 Å². The van der Waals surface area contributed by atoms with Gasteiger partial charge in [-0.3, -0.25) is 0 Å². The summed E-state index contributed by atoms with van der Waals surface area (Å²) in [7, 11) is 0. The Kier molecular flexibility index (Phi) is 1.56. The van der Waals surface area contributed by atoms with Crippen LogP contribution < -0.4 is 5.32 Å². The number of aromatic amines is 1. The second-order valence-corrected chi connectivity index (χ2v) is 3.24. The lowest BCUT2D eigenvalue weighted by Gasteiger charge is -1.98. The predicted molar refractivity (Wildman–Crippen MR) is 44.5 cm³/mol. The van der Waals surface area contributed by atoms with Gasteiger partial charge in [0.15, 0.2) is 5.95 Å². The smallest absolute Gasteiger partial charge is 0.200 e. The number of nitrogens with one attached hydrogen (secondary N) is 2. The monoisotopic (exact) mass is 151 g/mol. The highest BCUT2D eigenvalue weighted by molar-refractivity contribution is 5.25. The molecule has 1 heterocycles. The van der Waals surface area contributed by atoms with Crippen molar-refractivity contribution in [3.05, 3.63) is 11.9 Å². The number of anilines is 1. The molecule has 1 saturated carbocycles. The molecule has 1 fully saturated rings. The van der Waals surface area contributed by atoms with Crippen molar-refractivity contribution in [3.63, 3.8) is 0 Å². The van der Waals surface area contributed by atoms with Gasteiger partial charge in [0.25, 0.3) is 0 Å². The maximum Gasteiger partial charge on any atom is 0.200 e. The Morgan fingerprint density at radius 1 is 1.73 bits per heavy atom. The van der Waals surface area contributed by atoms with Crippen molar-refractivity contribution in [2.45, 2.75) is 19.8 Å². The van der Waals surface area contributed by atoms with Crippen LogP contribution in [0.5, 0.6) is 0 Å². The van der Waals surface area contributed by atoms with Crippen LogP contribution in [0.4, 0.5) is 5.95 Å². The molecule has 0 aliphatic heterocycles. The molecule has 1 aromatic rings. The molecule has 2 N–H and O–H groups in total. The van der Waals surface area contributed by atoms with Gasteiger partial charge >= 0.3 is 0 Å². The Bertz CT molecular complexity index is 237. The first-order chi connectivity index (χ1) is 5.34. The fourth-order valence-electron chi connectivity index (χ4n) is 1.07. The summed E-state index contributed by atoms with van der Waals surface area (Å²) in [6, 6.07) is 0. The van der Waals surface area contributed by atoms with E-state index in [1.807, 2.05) is 13.1 Å². The van der Waals surface area contributed by atoms with Crippen molar-refractivity contribution in [2.24, 2.45) is 5.92 Å². The number of nitrogens with zero attached hydrogens (tertiary/aromatic N) is 1. The molecule has 1 aliphatic rings. The normalized spacial score (nSPS) is 16.8. The van der Waals surface area contributed by atoms with Gasteiger partial charge in [0, 0.05) is 18.4 Å². The van der Waals surface area contributed by atoms with Crippen molar-refractivity contribution in [3.8, 4) is 0 Å². The minimum absolute atomic E-state index is 0.903. The number of rotatable bonds is 3. The molecule has 0 unspecified atom stereocenters.